The SMILES string of the molecule is O=C(O)C=CC(=O)Oc1ccc(C2(c3ccc(OC(=O)C=CC(=O)O)cc3)c3ccccc3-c3ccccc32)cc1. The zero-order chi connectivity index (χ0) is 29.0. The first-order chi connectivity index (χ1) is 19.8. The average molecular weight is 547 g/mol. The summed E-state index contributed by atoms with van der Waals surface area (Å²) >= 11 is 0. The van der Waals surface area contributed by atoms with Crippen molar-refractivity contribution in [2.24, 2.45) is 0 Å². The lowest BCUT2D eigenvalue weighted by molar-refractivity contribution is -0.133. The molecule has 0 aromatic heterocycles. The minimum Gasteiger partial charge on any atom is -0.478 e. The van der Waals surface area contributed by atoms with Crippen LogP contribution in [0.1, 0.15) is 22.3 Å². The van der Waals surface area contributed by atoms with Gasteiger partial charge in [-0.05, 0) is 57.6 Å². The van der Waals surface area contributed by atoms with Gasteiger partial charge in [0.25, 0.3) is 0 Å². The van der Waals surface area contributed by atoms with Crippen LogP contribution in [0.3, 0.4) is 0 Å². The van der Waals surface area contributed by atoms with E-state index in [4.69, 9.17) is 19.7 Å². The van der Waals surface area contributed by atoms with Crippen LogP contribution in [0.15, 0.2) is 121 Å². The maximum Gasteiger partial charge on any atom is 0.336 e. The molecule has 202 valence electrons. The summed E-state index contributed by atoms with van der Waals surface area (Å²) in [5.74, 6) is -3.63. The van der Waals surface area contributed by atoms with E-state index in [2.05, 4.69) is 24.3 Å². The summed E-state index contributed by atoms with van der Waals surface area (Å²) in [4.78, 5) is 45.4. The highest BCUT2D eigenvalue weighted by Crippen LogP contribution is 2.56. The third-order valence-corrected chi connectivity index (χ3v) is 6.69. The fourth-order valence-electron chi connectivity index (χ4n) is 5.15. The van der Waals surface area contributed by atoms with E-state index in [1.54, 1.807) is 24.3 Å². The molecule has 5 rings (SSSR count). The highest BCUT2D eigenvalue weighted by Gasteiger charge is 2.45. The van der Waals surface area contributed by atoms with Gasteiger partial charge < -0.3 is 19.7 Å². The second-order valence-electron chi connectivity index (χ2n) is 9.08. The Morgan fingerprint density at radius 3 is 1.24 bits per heavy atom. The van der Waals surface area contributed by atoms with Crippen LogP contribution >= 0.6 is 0 Å². The average Bonchev–Trinajstić information content (AvgIpc) is 3.27. The molecule has 8 heteroatoms. The van der Waals surface area contributed by atoms with Crippen molar-refractivity contribution in [2.45, 2.75) is 5.41 Å². The summed E-state index contributed by atoms with van der Waals surface area (Å²) < 4.78 is 10.5. The Kier molecular flexibility index (Phi) is 7.30. The van der Waals surface area contributed by atoms with E-state index >= 15 is 0 Å². The van der Waals surface area contributed by atoms with Gasteiger partial charge >= 0.3 is 23.9 Å². The Balaban J connectivity index is 1.59. The fraction of sp³-hybridized carbons (Fsp3) is 0.0303. The van der Waals surface area contributed by atoms with Gasteiger partial charge in [-0.25, -0.2) is 19.2 Å². The lowest BCUT2D eigenvalue weighted by Gasteiger charge is -2.34. The molecule has 0 saturated heterocycles. The van der Waals surface area contributed by atoms with Gasteiger partial charge in [-0.1, -0.05) is 72.8 Å². The van der Waals surface area contributed by atoms with E-state index in [1.807, 2.05) is 48.5 Å². The van der Waals surface area contributed by atoms with Gasteiger partial charge in [-0.15, -0.1) is 0 Å². The summed E-state index contributed by atoms with van der Waals surface area (Å²) in [5, 5.41) is 17.5. The van der Waals surface area contributed by atoms with Crippen molar-refractivity contribution in [1.82, 2.24) is 0 Å². The van der Waals surface area contributed by atoms with Crippen LogP contribution in [0.5, 0.6) is 11.5 Å². The predicted octanol–water partition coefficient (Wildman–Crippen LogP) is 5.14. The Morgan fingerprint density at radius 2 is 0.878 bits per heavy atom. The number of hydrogen-bond donors (Lipinski definition) is 2. The largest absolute Gasteiger partial charge is 0.478 e. The number of carboxylic acid groups (broad SMARTS) is 2. The maximum atomic E-state index is 12.0. The van der Waals surface area contributed by atoms with Gasteiger partial charge in [-0.3, -0.25) is 0 Å². The standard InChI is InChI=1S/C33H22O8/c34-29(35)17-19-31(38)40-23-13-9-21(10-14-23)33(22-11-15-24(16-12-22)41-32(39)20-18-30(36)37)27-7-3-1-5-25(27)26-6-2-4-8-28(26)33/h1-20H,(H,34,35)(H,36,37). The summed E-state index contributed by atoms with van der Waals surface area (Å²) in [6.07, 6.45) is 3.10. The number of aliphatic carboxylic acids is 2. The summed E-state index contributed by atoms with van der Waals surface area (Å²) in [6, 6.07) is 30.2. The number of ether oxygens (including phenoxy) is 2. The molecule has 4 aromatic rings. The maximum absolute atomic E-state index is 12.0. The molecule has 41 heavy (non-hydrogen) atoms. The number of benzene rings is 4. The second kappa shape index (κ2) is 11.2. The van der Waals surface area contributed by atoms with E-state index < -0.39 is 29.3 Å². The van der Waals surface area contributed by atoms with Gasteiger partial charge in [0, 0.05) is 24.3 Å². The third-order valence-electron chi connectivity index (χ3n) is 6.69. The highest BCUT2D eigenvalue weighted by atomic mass is 16.5. The van der Waals surface area contributed by atoms with E-state index in [0.717, 1.165) is 45.5 Å². The number of fused-ring (bicyclic) bond motifs is 3. The van der Waals surface area contributed by atoms with Crippen molar-refractivity contribution in [1.29, 1.82) is 0 Å². The first-order valence-electron chi connectivity index (χ1n) is 12.4. The van der Waals surface area contributed by atoms with Crippen LogP contribution in [0.2, 0.25) is 0 Å². The minimum absolute atomic E-state index is 0.250. The predicted molar refractivity (Wildman–Crippen MR) is 149 cm³/mol. The highest BCUT2D eigenvalue weighted by molar-refractivity contribution is 5.92. The number of carbonyl (C=O) groups excluding carboxylic acids is 2. The molecule has 1 aliphatic carbocycles. The molecule has 0 fully saturated rings. The van der Waals surface area contributed by atoms with E-state index in [9.17, 15) is 19.2 Å². The van der Waals surface area contributed by atoms with Crippen molar-refractivity contribution in [3.63, 3.8) is 0 Å². The van der Waals surface area contributed by atoms with Crippen molar-refractivity contribution in [2.75, 3.05) is 0 Å². The van der Waals surface area contributed by atoms with Gasteiger partial charge in [0.2, 0.25) is 0 Å². The lowest BCUT2D eigenvalue weighted by Crippen LogP contribution is -2.28. The summed E-state index contributed by atoms with van der Waals surface area (Å²) in [5.41, 5.74) is 5.17. The van der Waals surface area contributed by atoms with Crippen molar-refractivity contribution in [3.05, 3.63) is 144 Å². The van der Waals surface area contributed by atoms with Gasteiger partial charge in [0.1, 0.15) is 11.5 Å². The molecular weight excluding hydrogens is 524 g/mol. The Hall–Kier alpha value is -5.76. The number of carboxylic acids is 2. The van der Waals surface area contributed by atoms with Crippen molar-refractivity contribution < 1.29 is 38.9 Å². The number of carbonyl (C=O) groups is 4. The van der Waals surface area contributed by atoms with Crippen LogP contribution < -0.4 is 9.47 Å². The number of hydrogen-bond acceptors (Lipinski definition) is 6. The smallest absolute Gasteiger partial charge is 0.336 e. The molecule has 0 spiro atoms. The number of esters is 2. The molecule has 0 bridgehead atoms. The second-order valence-corrected chi connectivity index (χ2v) is 9.08. The fourth-order valence-corrected chi connectivity index (χ4v) is 5.15. The molecule has 2 N–H and O–H groups in total. The van der Waals surface area contributed by atoms with E-state index in [-0.39, 0.29) is 11.5 Å². The first-order valence-corrected chi connectivity index (χ1v) is 12.4. The van der Waals surface area contributed by atoms with Crippen LogP contribution in [0.4, 0.5) is 0 Å². The van der Waals surface area contributed by atoms with Crippen molar-refractivity contribution in [3.8, 4) is 22.6 Å². The molecule has 0 atom stereocenters. The number of rotatable bonds is 8. The third kappa shape index (κ3) is 5.26. The molecule has 0 saturated carbocycles. The Bertz CT molecular complexity index is 1580. The monoisotopic (exact) mass is 546 g/mol. The van der Waals surface area contributed by atoms with Crippen LogP contribution in [0, 0.1) is 0 Å². The molecule has 4 aromatic carbocycles. The summed E-state index contributed by atoms with van der Waals surface area (Å²) in [6.45, 7) is 0. The minimum atomic E-state index is -1.25. The molecule has 0 amide bonds. The molecule has 0 unspecified atom stereocenters. The first kappa shape index (κ1) is 26.8. The Morgan fingerprint density at radius 1 is 0.512 bits per heavy atom. The van der Waals surface area contributed by atoms with Crippen LogP contribution in [-0.2, 0) is 24.6 Å². The topological polar surface area (TPSA) is 127 Å². The lowest BCUT2D eigenvalue weighted by atomic mass is 9.68. The Labute approximate surface area is 234 Å². The zero-order valence-electron chi connectivity index (χ0n) is 21.4. The molecular formula is C33H22O8. The van der Waals surface area contributed by atoms with Crippen LogP contribution in [0.25, 0.3) is 11.1 Å². The quantitative estimate of drug-likeness (QED) is 0.156. The van der Waals surface area contributed by atoms with Gasteiger partial charge in [0.15, 0.2) is 0 Å². The molecule has 8 nitrogen and oxygen atoms in total. The molecule has 0 aliphatic heterocycles. The molecule has 0 radical (unpaired) electrons. The molecule has 1 aliphatic rings. The van der Waals surface area contributed by atoms with Gasteiger partial charge in [0.05, 0.1) is 5.41 Å². The van der Waals surface area contributed by atoms with E-state index in [1.165, 1.54) is 0 Å². The van der Waals surface area contributed by atoms with Gasteiger partial charge in [-0.2, -0.15) is 0 Å². The normalized spacial score (nSPS) is 13.0. The van der Waals surface area contributed by atoms with Crippen molar-refractivity contribution >= 4 is 23.9 Å². The van der Waals surface area contributed by atoms with Crippen LogP contribution in [-0.4, -0.2) is 34.1 Å². The summed E-state index contributed by atoms with van der Waals surface area (Å²) in [7, 11) is 0. The molecule has 0 heterocycles. The van der Waals surface area contributed by atoms with E-state index in [0.29, 0.717) is 12.2 Å². The zero-order valence-corrected chi connectivity index (χ0v) is 21.4.